The van der Waals surface area contributed by atoms with Gasteiger partial charge in [0.2, 0.25) is 0 Å². The molecule has 0 bridgehead atoms. The first-order valence-corrected chi connectivity index (χ1v) is 5.95. The highest BCUT2D eigenvalue weighted by Gasteiger charge is 2.22. The molecule has 1 N–H and O–H groups in total. The van der Waals surface area contributed by atoms with Gasteiger partial charge in [0.15, 0.2) is 0 Å². The van der Waals surface area contributed by atoms with Gasteiger partial charge in [-0.3, -0.25) is 0 Å². The molecule has 1 saturated carbocycles. The summed E-state index contributed by atoms with van der Waals surface area (Å²) in [6.07, 6.45) is 8.53. The highest BCUT2D eigenvalue weighted by Crippen LogP contribution is 2.27. The van der Waals surface area contributed by atoms with E-state index in [1.54, 1.807) is 7.11 Å². The number of ether oxygens (including phenoxy) is 1. The van der Waals surface area contributed by atoms with Crippen molar-refractivity contribution >= 4 is 0 Å². The molecule has 0 aromatic rings. The Morgan fingerprint density at radius 3 is 2.29 bits per heavy atom. The third kappa shape index (κ3) is 3.97. The molecule has 1 aliphatic carbocycles. The summed E-state index contributed by atoms with van der Waals surface area (Å²) in [6, 6.07) is 0. The average molecular weight is 200 g/mol. The summed E-state index contributed by atoms with van der Waals surface area (Å²) in [5.74, 6) is 0.523. The van der Waals surface area contributed by atoms with Crippen molar-refractivity contribution in [2.45, 2.75) is 64.1 Å². The number of rotatable bonds is 4. The van der Waals surface area contributed by atoms with E-state index in [1.807, 2.05) is 6.92 Å². The molecular formula is C12H24O2. The first-order chi connectivity index (χ1) is 6.74. The van der Waals surface area contributed by atoms with Crippen LogP contribution < -0.4 is 0 Å². The topological polar surface area (TPSA) is 29.5 Å². The van der Waals surface area contributed by atoms with Gasteiger partial charge in [-0.25, -0.2) is 0 Å². The summed E-state index contributed by atoms with van der Waals surface area (Å²) in [5, 5.41) is 10.0. The Bertz CT molecular complexity index is 139. The molecule has 2 nitrogen and oxygen atoms in total. The maximum atomic E-state index is 10.0. The molecule has 2 unspecified atom stereocenters. The second kappa shape index (κ2) is 6.41. The summed E-state index contributed by atoms with van der Waals surface area (Å²) in [6.45, 7) is 2.03. The second-order valence-corrected chi connectivity index (χ2v) is 4.60. The van der Waals surface area contributed by atoms with Crippen LogP contribution in [0.1, 0.15) is 51.9 Å². The van der Waals surface area contributed by atoms with Gasteiger partial charge in [0.05, 0.1) is 12.2 Å². The quantitative estimate of drug-likeness (QED) is 0.707. The van der Waals surface area contributed by atoms with Crippen LogP contribution in [0.25, 0.3) is 0 Å². The predicted octanol–water partition coefficient (Wildman–Crippen LogP) is 2.74. The molecule has 2 atom stereocenters. The molecule has 0 heterocycles. The lowest BCUT2D eigenvalue weighted by Gasteiger charge is -2.23. The molecule has 1 fully saturated rings. The third-order valence-electron chi connectivity index (χ3n) is 3.42. The van der Waals surface area contributed by atoms with Crippen LogP contribution in [0.2, 0.25) is 0 Å². The van der Waals surface area contributed by atoms with Gasteiger partial charge < -0.3 is 9.84 Å². The van der Waals surface area contributed by atoms with Crippen molar-refractivity contribution in [3.63, 3.8) is 0 Å². The zero-order valence-electron chi connectivity index (χ0n) is 9.54. The molecular weight excluding hydrogens is 176 g/mol. The van der Waals surface area contributed by atoms with Gasteiger partial charge in [-0.05, 0) is 32.1 Å². The summed E-state index contributed by atoms with van der Waals surface area (Å²) in [7, 11) is 1.71. The van der Waals surface area contributed by atoms with Gasteiger partial charge >= 0.3 is 0 Å². The van der Waals surface area contributed by atoms with Gasteiger partial charge in [0.1, 0.15) is 0 Å². The molecule has 0 radical (unpaired) electrons. The monoisotopic (exact) mass is 200 g/mol. The fourth-order valence-electron chi connectivity index (χ4n) is 2.32. The van der Waals surface area contributed by atoms with Gasteiger partial charge in [-0.2, -0.15) is 0 Å². The van der Waals surface area contributed by atoms with Gasteiger partial charge in [-0.15, -0.1) is 0 Å². The average Bonchev–Trinajstić information content (AvgIpc) is 2.45. The first-order valence-electron chi connectivity index (χ1n) is 5.95. The first kappa shape index (κ1) is 12.0. The lowest BCUT2D eigenvalue weighted by molar-refractivity contribution is 0.0245. The maximum Gasteiger partial charge on any atom is 0.0593 e. The molecule has 0 saturated heterocycles. The van der Waals surface area contributed by atoms with Crippen LogP contribution in [0.3, 0.4) is 0 Å². The molecule has 0 aliphatic heterocycles. The molecule has 0 aromatic carbocycles. The highest BCUT2D eigenvalue weighted by atomic mass is 16.5. The zero-order chi connectivity index (χ0) is 10.4. The lowest BCUT2D eigenvalue weighted by Crippen LogP contribution is -2.25. The van der Waals surface area contributed by atoms with E-state index in [1.165, 1.54) is 38.5 Å². The SMILES string of the molecule is COC(C)CC(O)C1CCCCCC1. The molecule has 14 heavy (non-hydrogen) atoms. The maximum absolute atomic E-state index is 10.0. The van der Waals surface area contributed by atoms with E-state index in [0.717, 1.165) is 6.42 Å². The van der Waals surface area contributed by atoms with Crippen molar-refractivity contribution in [1.82, 2.24) is 0 Å². The van der Waals surface area contributed by atoms with Gasteiger partial charge in [-0.1, -0.05) is 25.7 Å². The lowest BCUT2D eigenvalue weighted by atomic mass is 9.91. The van der Waals surface area contributed by atoms with Crippen LogP contribution in [0.15, 0.2) is 0 Å². The number of aliphatic hydroxyl groups is 1. The van der Waals surface area contributed by atoms with E-state index in [2.05, 4.69) is 0 Å². The smallest absolute Gasteiger partial charge is 0.0593 e. The summed E-state index contributed by atoms with van der Waals surface area (Å²) in [5.41, 5.74) is 0. The summed E-state index contributed by atoms with van der Waals surface area (Å²) >= 11 is 0. The Morgan fingerprint density at radius 1 is 1.21 bits per heavy atom. The van der Waals surface area contributed by atoms with E-state index in [-0.39, 0.29) is 12.2 Å². The number of hydrogen-bond donors (Lipinski definition) is 1. The third-order valence-corrected chi connectivity index (χ3v) is 3.42. The van der Waals surface area contributed by atoms with Crippen molar-refractivity contribution in [3.8, 4) is 0 Å². The Labute approximate surface area is 87.7 Å². The van der Waals surface area contributed by atoms with Crippen LogP contribution >= 0.6 is 0 Å². The molecule has 1 aliphatic rings. The molecule has 0 aromatic heterocycles. The number of methoxy groups -OCH3 is 1. The normalized spacial score (nSPS) is 24.2. The van der Waals surface area contributed by atoms with Crippen molar-refractivity contribution in [3.05, 3.63) is 0 Å². The fourth-order valence-corrected chi connectivity index (χ4v) is 2.32. The van der Waals surface area contributed by atoms with Crippen LogP contribution in [-0.2, 0) is 4.74 Å². The fraction of sp³-hybridized carbons (Fsp3) is 1.00. The van der Waals surface area contributed by atoms with Crippen molar-refractivity contribution < 1.29 is 9.84 Å². The van der Waals surface area contributed by atoms with Gasteiger partial charge in [0.25, 0.3) is 0 Å². The largest absolute Gasteiger partial charge is 0.393 e. The number of hydrogen-bond acceptors (Lipinski definition) is 2. The van der Waals surface area contributed by atoms with E-state index >= 15 is 0 Å². The standard InChI is InChI=1S/C12H24O2/c1-10(14-2)9-12(13)11-7-5-3-4-6-8-11/h10-13H,3-9H2,1-2H3. The predicted molar refractivity (Wildman–Crippen MR) is 58.3 cm³/mol. The van der Waals surface area contributed by atoms with Gasteiger partial charge in [0, 0.05) is 7.11 Å². The molecule has 1 rings (SSSR count). The Morgan fingerprint density at radius 2 is 1.79 bits per heavy atom. The molecule has 2 heteroatoms. The van der Waals surface area contributed by atoms with Crippen LogP contribution in [0.5, 0.6) is 0 Å². The minimum absolute atomic E-state index is 0.150. The summed E-state index contributed by atoms with van der Waals surface area (Å²) in [4.78, 5) is 0. The molecule has 84 valence electrons. The van der Waals surface area contributed by atoms with E-state index in [9.17, 15) is 5.11 Å². The Hall–Kier alpha value is -0.0800. The second-order valence-electron chi connectivity index (χ2n) is 4.60. The highest BCUT2D eigenvalue weighted by molar-refractivity contribution is 4.73. The van der Waals surface area contributed by atoms with Crippen LogP contribution in [-0.4, -0.2) is 24.4 Å². The summed E-state index contributed by atoms with van der Waals surface area (Å²) < 4.78 is 5.18. The Balaban J connectivity index is 2.30. The van der Waals surface area contributed by atoms with Crippen LogP contribution in [0.4, 0.5) is 0 Å². The molecule has 0 amide bonds. The van der Waals surface area contributed by atoms with Crippen molar-refractivity contribution in [2.24, 2.45) is 5.92 Å². The molecule has 0 spiro atoms. The van der Waals surface area contributed by atoms with Crippen molar-refractivity contribution in [2.75, 3.05) is 7.11 Å². The van der Waals surface area contributed by atoms with E-state index in [4.69, 9.17) is 4.74 Å². The van der Waals surface area contributed by atoms with E-state index in [0.29, 0.717) is 5.92 Å². The Kier molecular flexibility index (Phi) is 5.49. The minimum Gasteiger partial charge on any atom is -0.393 e. The van der Waals surface area contributed by atoms with Crippen molar-refractivity contribution in [1.29, 1.82) is 0 Å². The zero-order valence-corrected chi connectivity index (χ0v) is 9.54. The van der Waals surface area contributed by atoms with Crippen LogP contribution in [0, 0.1) is 5.92 Å². The van der Waals surface area contributed by atoms with E-state index < -0.39 is 0 Å². The number of aliphatic hydroxyl groups excluding tert-OH is 1. The minimum atomic E-state index is -0.150.